The van der Waals surface area contributed by atoms with Gasteiger partial charge in [0.1, 0.15) is 0 Å². The molecule has 4 heteroatoms. The van der Waals surface area contributed by atoms with Crippen molar-refractivity contribution < 1.29 is 4.74 Å². The van der Waals surface area contributed by atoms with Gasteiger partial charge in [0.05, 0.1) is 17.8 Å². The number of fused-ring (bicyclic) bond motifs is 1. The third-order valence-electron chi connectivity index (χ3n) is 3.45. The summed E-state index contributed by atoms with van der Waals surface area (Å²) in [6, 6.07) is 8.79. The van der Waals surface area contributed by atoms with E-state index in [1.165, 1.54) is 10.9 Å². The number of hydrogen-bond donors (Lipinski definition) is 1. The second kappa shape index (κ2) is 6.68. The highest BCUT2D eigenvalue weighted by Crippen LogP contribution is 2.18. The molecule has 19 heavy (non-hydrogen) atoms. The predicted molar refractivity (Wildman–Crippen MR) is 78.2 cm³/mol. The van der Waals surface area contributed by atoms with Crippen molar-refractivity contribution in [3.05, 3.63) is 30.0 Å². The van der Waals surface area contributed by atoms with E-state index in [0.717, 1.165) is 31.8 Å². The lowest BCUT2D eigenvalue weighted by Crippen LogP contribution is -2.32. The van der Waals surface area contributed by atoms with E-state index < -0.39 is 0 Å². The lowest BCUT2D eigenvalue weighted by molar-refractivity contribution is 0.163. The minimum atomic E-state index is 0.385. The first-order chi connectivity index (χ1) is 9.30. The highest BCUT2D eigenvalue weighted by molar-refractivity contribution is 5.81. The van der Waals surface area contributed by atoms with Crippen molar-refractivity contribution in [2.24, 2.45) is 0 Å². The lowest BCUT2D eigenvalue weighted by atomic mass is 10.2. The SMILES string of the molecule is CCC(COC)NCc1nn(CC)c2ccccc12. The zero-order valence-electron chi connectivity index (χ0n) is 12.0. The van der Waals surface area contributed by atoms with Gasteiger partial charge in [-0.1, -0.05) is 25.1 Å². The molecule has 0 bridgehead atoms. The molecule has 0 amide bonds. The summed E-state index contributed by atoms with van der Waals surface area (Å²) in [5.41, 5.74) is 2.33. The van der Waals surface area contributed by atoms with E-state index in [2.05, 4.69) is 53.2 Å². The smallest absolute Gasteiger partial charge is 0.0841 e. The van der Waals surface area contributed by atoms with Gasteiger partial charge in [0.15, 0.2) is 0 Å². The maximum atomic E-state index is 5.21. The molecule has 1 N–H and O–H groups in total. The Labute approximate surface area is 114 Å². The number of hydrogen-bond acceptors (Lipinski definition) is 3. The van der Waals surface area contributed by atoms with Gasteiger partial charge in [-0.2, -0.15) is 5.10 Å². The van der Waals surface area contributed by atoms with Crippen LogP contribution in [-0.2, 0) is 17.8 Å². The van der Waals surface area contributed by atoms with Gasteiger partial charge in [0, 0.05) is 31.6 Å². The van der Waals surface area contributed by atoms with E-state index in [4.69, 9.17) is 4.74 Å². The molecule has 0 spiro atoms. The zero-order chi connectivity index (χ0) is 13.7. The molecule has 0 saturated carbocycles. The van der Waals surface area contributed by atoms with Crippen LogP contribution >= 0.6 is 0 Å². The Balaban J connectivity index is 2.16. The minimum Gasteiger partial charge on any atom is -0.383 e. The number of benzene rings is 1. The number of para-hydroxylation sites is 1. The Morgan fingerprint density at radius 1 is 1.32 bits per heavy atom. The molecule has 0 radical (unpaired) electrons. The average molecular weight is 261 g/mol. The Morgan fingerprint density at radius 2 is 2.11 bits per heavy atom. The Morgan fingerprint density at radius 3 is 2.79 bits per heavy atom. The van der Waals surface area contributed by atoms with Crippen LogP contribution in [0.3, 0.4) is 0 Å². The summed E-state index contributed by atoms with van der Waals surface area (Å²) < 4.78 is 7.27. The molecule has 2 rings (SSSR count). The number of aromatic nitrogens is 2. The molecule has 1 aromatic carbocycles. The first kappa shape index (κ1) is 14.0. The Hall–Kier alpha value is -1.39. The van der Waals surface area contributed by atoms with Crippen LogP contribution in [0.1, 0.15) is 26.0 Å². The van der Waals surface area contributed by atoms with E-state index >= 15 is 0 Å². The lowest BCUT2D eigenvalue weighted by Gasteiger charge is -2.14. The van der Waals surface area contributed by atoms with Crippen LogP contribution in [0.25, 0.3) is 10.9 Å². The second-order valence-corrected chi connectivity index (χ2v) is 4.72. The van der Waals surface area contributed by atoms with Gasteiger partial charge in [0.25, 0.3) is 0 Å². The summed E-state index contributed by atoms with van der Waals surface area (Å²) in [6.07, 6.45) is 1.06. The van der Waals surface area contributed by atoms with Crippen LogP contribution in [-0.4, -0.2) is 29.5 Å². The Bertz CT molecular complexity index is 521. The Kier molecular flexibility index (Phi) is 4.93. The van der Waals surface area contributed by atoms with E-state index in [-0.39, 0.29) is 0 Å². The number of rotatable bonds is 7. The highest BCUT2D eigenvalue weighted by atomic mass is 16.5. The van der Waals surface area contributed by atoms with Crippen LogP contribution in [0.4, 0.5) is 0 Å². The standard InChI is InChI=1S/C15H23N3O/c1-4-12(11-19-3)16-10-14-13-8-6-7-9-15(13)18(5-2)17-14/h6-9,12,16H,4-5,10-11H2,1-3H3. The van der Waals surface area contributed by atoms with Gasteiger partial charge >= 0.3 is 0 Å². The molecule has 1 unspecified atom stereocenters. The third-order valence-corrected chi connectivity index (χ3v) is 3.45. The van der Waals surface area contributed by atoms with Gasteiger partial charge in [-0.05, 0) is 19.4 Å². The van der Waals surface area contributed by atoms with Crippen LogP contribution in [0.15, 0.2) is 24.3 Å². The van der Waals surface area contributed by atoms with E-state index in [1.807, 2.05) is 0 Å². The van der Waals surface area contributed by atoms with Crippen molar-refractivity contribution in [1.29, 1.82) is 0 Å². The number of nitrogens with one attached hydrogen (secondary N) is 1. The molecule has 0 aliphatic carbocycles. The van der Waals surface area contributed by atoms with Gasteiger partial charge < -0.3 is 10.1 Å². The molecule has 1 atom stereocenters. The van der Waals surface area contributed by atoms with Crippen LogP contribution in [0, 0.1) is 0 Å². The third kappa shape index (κ3) is 3.14. The number of methoxy groups -OCH3 is 1. The second-order valence-electron chi connectivity index (χ2n) is 4.72. The molecular weight excluding hydrogens is 238 g/mol. The molecule has 0 aliphatic heterocycles. The molecule has 0 fully saturated rings. The maximum absolute atomic E-state index is 5.21. The topological polar surface area (TPSA) is 39.1 Å². The van der Waals surface area contributed by atoms with Crippen molar-refractivity contribution in [2.75, 3.05) is 13.7 Å². The number of nitrogens with zero attached hydrogens (tertiary/aromatic N) is 2. The summed E-state index contributed by atoms with van der Waals surface area (Å²) in [5, 5.41) is 9.44. The average Bonchev–Trinajstić information content (AvgIpc) is 2.82. The van der Waals surface area contributed by atoms with Crippen molar-refractivity contribution in [2.45, 2.75) is 39.4 Å². The fourth-order valence-electron chi connectivity index (χ4n) is 2.33. The summed E-state index contributed by atoms with van der Waals surface area (Å²) in [7, 11) is 1.74. The van der Waals surface area contributed by atoms with Gasteiger partial charge in [-0.25, -0.2) is 0 Å². The summed E-state index contributed by atoms with van der Waals surface area (Å²) in [6.45, 7) is 6.71. The molecule has 0 aliphatic rings. The normalized spacial score (nSPS) is 13.0. The molecule has 1 aromatic heterocycles. The molecule has 2 aromatic rings. The monoisotopic (exact) mass is 261 g/mol. The molecule has 1 heterocycles. The summed E-state index contributed by atoms with van der Waals surface area (Å²) >= 11 is 0. The van der Waals surface area contributed by atoms with Gasteiger partial charge in [-0.15, -0.1) is 0 Å². The number of ether oxygens (including phenoxy) is 1. The van der Waals surface area contributed by atoms with Crippen LogP contribution in [0.5, 0.6) is 0 Å². The van der Waals surface area contributed by atoms with Gasteiger partial charge in [0.2, 0.25) is 0 Å². The highest BCUT2D eigenvalue weighted by Gasteiger charge is 2.11. The van der Waals surface area contributed by atoms with Crippen molar-refractivity contribution in [1.82, 2.24) is 15.1 Å². The van der Waals surface area contributed by atoms with Crippen molar-refractivity contribution in [3.63, 3.8) is 0 Å². The van der Waals surface area contributed by atoms with Crippen molar-refractivity contribution in [3.8, 4) is 0 Å². The molecule has 104 valence electrons. The fraction of sp³-hybridized carbons (Fsp3) is 0.533. The van der Waals surface area contributed by atoms with Crippen LogP contribution in [0.2, 0.25) is 0 Å². The fourth-order valence-corrected chi connectivity index (χ4v) is 2.33. The quantitative estimate of drug-likeness (QED) is 0.832. The van der Waals surface area contributed by atoms with E-state index in [0.29, 0.717) is 6.04 Å². The molecular formula is C15H23N3O. The maximum Gasteiger partial charge on any atom is 0.0841 e. The first-order valence-corrected chi connectivity index (χ1v) is 6.96. The predicted octanol–water partition coefficient (Wildman–Crippen LogP) is 2.57. The minimum absolute atomic E-state index is 0.385. The summed E-state index contributed by atoms with van der Waals surface area (Å²) in [5.74, 6) is 0. The molecule has 4 nitrogen and oxygen atoms in total. The number of aryl methyl sites for hydroxylation is 1. The largest absolute Gasteiger partial charge is 0.383 e. The zero-order valence-corrected chi connectivity index (χ0v) is 12.0. The van der Waals surface area contributed by atoms with Crippen LogP contribution < -0.4 is 5.32 Å². The molecule has 0 saturated heterocycles. The van der Waals surface area contributed by atoms with Crippen molar-refractivity contribution >= 4 is 10.9 Å². The van der Waals surface area contributed by atoms with Gasteiger partial charge in [-0.3, -0.25) is 4.68 Å². The van der Waals surface area contributed by atoms with E-state index in [9.17, 15) is 0 Å². The van der Waals surface area contributed by atoms with E-state index in [1.54, 1.807) is 7.11 Å². The first-order valence-electron chi connectivity index (χ1n) is 6.96. The summed E-state index contributed by atoms with van der Waals surface area (Å²) in [4.78, 5) is 0.